The van der Waals surface area contributed by atoms with Crippen molar-refractivity contribution in [1.82, 2.24) is 9.88 Å². The summed E-state index contributed by atoms with van der Waals surface area (Å²) in [5.41, 5.74) is 2.07. The molecule has 1 spiro atoms. The Balaban J connectivity index is 1.58. The van der Waals surface area contributed by atoms with Gasteiger partial charge in [0.25, 0.3) is 5.91 Å². The zero-order valence-corrected chi connectivity index (χ0v) is 13.6. The Labute approximate surface area is 140 Å². The van der Waals surface area contributed by atoms with E-state index in [1.165, 1.54) is 0 Å². The summed E-state index contributed by atoms with van der Waals surface area (Å²) in [7, 11) is 1.83. The molecule has 0 radical (unpaired) electrons. The molecule has 1 fully saturated rings. The van der Waals surface area contributed by atoms with Crippen LogP contribution in [0.3, 0.4) is 0 Å². The zero-order valence-electron chi connectivity index (χ0n) is 13.6. The fourth-order valence-corrected chi connectivity index (χ4v) is 3.94. The van der Waals surface area contributed by atoms with Crippen LogP contribution in [0.2, 0.25) is 0 Å². The van der Waals surface area contributed by atoms with E-state index in [1.807, 2.05) is 42.3 Å². The minimum atomic E-state index is -0.480. The van der Waals surface area contributed by atoms with Gasteiger partial charge in [0.05, 0.1) is 5.41 Å². The number of hydrogen-bond acceptors (Lipinski definition) is 3. The number of para-hydroxylation sites is 1. The van der Waals surface area contributed by atoms with Gasteiger partial charge in [-0.3, -0.25) is 14.6 Å². The maximum Gasteiger partial charge on any atom is 0.272 e. The first kappa shape index (κ1) is 14.9. The van der Waals surface area contributed by atoms with Gasteiger partial charge in [0.2, 0.25) is 5.91 Å². The number of likely N-dealkylation sites (N-methyl/N-ethyl adjacent to an activating group) is 1. The van der Waals surface area contributed by atoms with Gasteiger partial charge >= 0.3 is 0 Å². The monoisotopic (exact) mass is 321 g/mol. The molecule has 0 N–H and O–H groups in total. The number of nitrogens with zero attached hydrogens (tertiary/aromatic N) is 3. The summed E-state index contributed by atoms with van der Waals surface area (Å²) in [5.74, 6) is 0.0890. The number of hydrogen-bond donors (Lipinski definition) is 0. The van der Waals surface area contributed by atoms with Crippen molar-refractivity contribution in [2.75, 3.05) is 25.0 Å². The lowest BCUT2D eigenvalue weighted by Crippen LogP contribution is -2.49. The number of likely N-dealkylation sites (tertiary alicyclic amines) is 1. The van der Waals surface area contributed by atoms with Gasteiger partial charge in [-0.15, -0.1) is 0 Å². The second-order valence-corrected chi connectivity index (χ2v) is 6.47. The molecule has 5 nitrogen and oxygen atoms in total. The number of benzene rings is 1. The first-order valence-corrected chi connectivity index (χ1v) is 8.21. The standard InChI is InChI=1S/C19H19N3O2/c1-21-16-8-3-2-6-14(16)19(18(21)24)9-12-22(13-10-19)17(23)15-7-4-5-11-20-15/h2-8,11H,9-10,12-13H2,1H3. The van der Waals surface area contributed by atoms with Crippen LogP contribution in [0.15, 0.2) is 48.7 Å². The normalized spacial score (nSPS) is 18.8. The number of anilines is 1. The van der Waals surface area contributed by atoms with Crippen molar-refractivity contribution >= 4 is 17.5 Å². The maximum absolute atomic E-state index is 12.9. The Morgan fingerprint density at radius 1 is 1.08 bits per heavy atom. The van der Waals surface area contributed by atoms with Gasteiger partial charge in [-0.25, -0.2) is 0 Å². The lowest BCUT2D eigenvalue weighted by atomic mass is 9.73. The van der Waals surface area contributed by atoms with E-state index in [0.29, 0.717) is 31.6 Å². The van der Waals surface area contributed by atoms with E-state index in [9.17, 15) is 9.59 Å². The molecule has 2 aromatic rings. The number of amides is 2. The first-order valence-electron chi connectivity index (χ1n) is 8.21. The van der Waals surface area contributed by atoms with Gasteiger partial charge in [-0.2, -0.15) is 0 Å². The van der Waals surface area contributed by atoms with Crippen LogP contribution in [0, 0.1) is 0 Å². The van der Waals surface area contributed by atoms with E-state index in [2.05, 4.69) is 4.98 Å². The second-order valence-electron chi connectivity index (χ2n) is 6.47. The molecule has 2 aliphatic rings. The summed E-state index contributed by atoms with van der Waals surface area (Å²) in [5, 5.41) is 0. The maximum atomic E-state index is 12.9. The van der Waals surface area contributed by atoms with Gasteiger partial charge in [0.1, 0.15) is 5.69 Å². The van der Waals surface area contributed by atoms with Crippen LogP contribution < -0.4 is 4.90 Å². The molecule has 1 aromatic carbocycles. The molecule has 2 amide bonds. The third-order valence-electron chi connectivity index (χ3n) is 5.28. The molecule has 4 rings (SSSR count). The van der Waals surface area contributed by atoms with Crippen LogP contribution in [-0.2, 0) is 10.2 Å². The molecule has 5 heteroatoms. The lowest BCUT2D eigenvalue weighted by Gasteiger charge is -2.38. The summed E-state index contributed by atoms with van der Waals surface area (Å²) in [4.78, 5) is 33.2. The smallest absolute Gasteiger partial charge is 0.272 e. The molecule has 0 atom stereocenters. The topological polar surface area (TPSA) is 53.5 Å². The van der Waals surface area contributed by atoms with E-state index >= 15 is 0 Å². The average molecular weight is 321 g/mol. The summed E-state index contributed by atoms with van der Waals surface area (Å²) in [6.45, 7) is 1.15. The fraction of sp³-hybridized carbons (Fsp3) is 0.316. The van der Waals surface area contributed by atoms with Crippen LogP contribution in [-0.4, -0.2) is 41.8 Å². The SMILES string of the molecule is CN1C(=O)C2(CCN(C(=O)c3ccccn3)CC2)c2ccccc21. The number of pyridine rings is 1. The number of piperidine rings is 1. The number of carbonyl (C=O) groups is 2. The molecule has 0 saturated carbocycles. The Hall–Kier alpha value is -2.69. The van der Waals surface area contributed by atoms with Crippen molar-refractivity contribution in [2.45, 2.75) is 18.3 Å². The summed E-state index contributed by atoms with van der Waals surface area (Å²) >= 11 is 0. The Kier molecular flexibility index (Phi) is 3.37. The predicted octanol–water partition coefficient (Wildman–Crippen LogP) is 2.23. The molecule has 2 aliphatic heterocycles. The van der Waals surface area contributed by atoms with E-state index in [0.717, 1.165) is 11.3 Å². The number of aromatic nitrogens is 1. The van der Waals surface area contributed by atoms with E-state index < -0.39 is 5.41 Å². The summed E-state index contributed by atoms with van der Waals surface area (Å²) < 4.78 is 0. The molecule has 0 aliphatic carbocycles. The fourth-order valence-electron chi connectivity index (χ4n) is 3.94. The number of fused-ring (bicyclic) bond motifs is 2. The molecule has 1 saturated heterocycles. The molecular formula is C19H19N3O2. The minimum Gasteiger partial charge on any atom is -0.337 e. The van der Waals surface area contributed by atoms with Crippen molar-refractivity contribution in [3.05, 3.63) is 59.9 Å². The van der Waals surface area contributed by atoms with E-state index in [1.54, 1.807) is 23.2 Å². The van der Waals surface area contributed by atoms with Crippen molar-refractivity contribution in [2.24, 2.45) is 0 Å². The Bertz CT molecular complexity index is 795. The molecule has 24 heavy (non-hydrogen) atoms. The third kappa shape index (κ3) is 2.04. The molecule has 1 aromatic heterocycles. The van der Waals surface area contributed by atoms with Gasteiger partial charge < -0.3 is 9.80 Å². The van der Waals surface area contributed by atoms with Crippen LogP contribution >= 0.6 is 0 Å². The predicted molar refractivity (Wildman–Crippen MR) is 90.9 cm³/mol. The zero-order chi connectivity index (χ0) is 16.7. The molecular weight excluding hydrogens is 302 g/mol. The quantitative estimate of drug-likeness (QED) is 0.809. The van der Waals surface area contributed by atoms with Gasteiger partial charge in [0.15, 0.2) is 0 Å². The molecule has 0 unspecified atom stereocenters. The van der Waals surface area contributed by atoms with Gasteiger partial charge in [0, 0.05) is 32.0 Å². The van der Waals surface area contributed by atoms with E-state index in [-0.39, 0.29) is 11.8 Å². The van der Waals surface area contributed by atoms with Crippen molar-refractivity contribution in [3.63, 3.8) is 0 Å². The van der Waals surface area contributed by atoms with Crippen molar-refractivity contribution < 1.29 is 9.59 Å². The molecule has 122 valence electrons. The van der Waals surface area contributed by atoms with Crippen LogP contribution in [0.25, 0.3) is 0 Å². The molecule has 3 heterocycles. The Morgan fingerprint density at radius 3 is 2.50 bits per heavy atom. The highest BCUT2D eigenvalue weighted by molar-refractivity contribution is 6.08. The highest BCUT2D eigenvalue weighted by Gasteiger charge is 2.51. The van der Waals surface area contributed by atoms with E-state index in [4.69, 9.17) is 0 Å². The van der Waals surface area contributed by atoms with Crippen molar-refractivity contribution in [1.29, 1.82) is 0 Å². The van der Waals surface area contributed by atoms with Crippen LogP contribution in [0.5, 0.6) is 0 Å². The number of carbonyl (C=O) groups excluding carboxylic acids is 2. The first-order chi connectivity index (χ1) is 11.6. The highest BCUT2D eigenvalue weighted by Crippen LogP contribution is 2.47. The van der Waals surface area contributed by atoms with Crippen LogP contribution in [0.4, 0.5) is 5.69 Å². The highest BCUT2D eigenvalue weighted by atomic mass is 16.2. The second kappa shape index (κ2) is 5.44. The lowest BCUT2D eigenvalue weighted by molar-refractivity contribution is -0.124. The van der Waals surface area contributed by atoms with Crippen molar-refractivity contribution in [3.8, 4) is 0 Å². The third-order valence-corrected chi connectivity index (χ3v) is 5.28. The average Bonchev–Trinajstić information content (AvgIpc) is 2.85. The van der Waals surface area contributed by atoms with Gasteiger partial charge in [-0.1, -0.05) is 24.3 Å². The summed E-state index contributed by atoms with van der Waals surface area (Å²) in [6.07, 6.45) is 2.95. The summed E-state index contributed by atoms with van der Waals surface area (Å²) in [6, 6.07) is 13.3. The number of rotatable bonds is 1. The Morgan fingerprint density at radius 2 is 1.79 bits per heavy atom. The minimum absolute atomic E-state index is 0.0578. The molecule has 0 bridgehead atoms. The van der Waals surface area contributed by atoms with Gasteiger partial charge in [-0.05, 0) is 36.6 Å². The van der Waals surface area contributed by atoms with Crippen LogP contribution in [0.1, 0.15) is 28.9 Å². The largest absolute Gasteiger partial charge is 0.337 e.